The molecule has 0 aromatic heterocycles. The number of carbonyl (C=O) groups is 10. The minimum Gasteiger partial charge on any atom is -0.497 e. The molecule has 5 atom stereocenters. The van der Waals surface area contributed by atoms with E-state index in [0.29, 0.717) is 168 Å². The Morgan fingerprint density at radius 3 is 1.50 bits per heavy atom. The largest absolute Gasteiger partial charge is 0.497 e. The smallest absolute Gasteiger partial charge is 0.183 e. The number of Topliss-reactive ketones (excluding diaryl/α,β-unsaturated/α-hetero) is 10. The zero-order valence-electron chi connectivity index (χ0n) is 77.3. The van der Waals surface area contributed by atoms with Crippen LogP contribution in [0.25, 0.3) is 0 Å². The van der Waals surface area contributed by atoms with Gasteiger partial charge < -0.3 is 57.0 Å². The van der Waals surface area contributed by atoms with Gasteiger partial charge in [0.15, 0.2) is 57.8 Å². The summed E-state index contributed by atoms with van der Waals surface area (Å²) >= 11 is 19.9. The number of aryl methyl sites for hydroxylation is 5. The molecule has 10 aromatic carbocycles. The molecule has 20 rings (SSSR count). The number of hydrogen-bond donors (Lipinski definition) is 0. The van der Waals surface area contributed by atoms with E-state index in [1.54, 1.807) is 67.4 Å². The van der Waals surface area contributed by atoms with Crippen molar-refractivity contribution in [2.24, 2.45) is 0 Å². The number of para-hydroxylation sites is 2. The van der Waals surface area contributed by atoms with Crippen molar-refractivity contribution in [1.29, 1.82) is 0 Å². The van der Waals surface area contributed by atoms with Gasteiger partial charge in [-0.1, -0.05) is 115 Å². The van der Waals surface area contributed by atoms with Gasteiger partial charge in [-0.2, -0.15) is 0 Å². The van der Waals surface area contributed by atoms with E-state index in [0.717, 1.165) is 83.7 Å². The lowest BCUT2D eigenvalue weighted by Gasteiger charge is -2.32. The van der Waals surface area contributed by atoms with Crippen LogP contribution in [0.2, 0.25) is 10.0 Å². The van der Waals surface area contributed by atoms with Crippen molar-refractivity contribution in [3.05, 3.63) is 275 Å². The summed E-state index contributed by atoms with van der Waals surface area (Å²) in [5.41, 5.74) is 12.4. The van der Waals surface area contributed by atoms with E-state index in [2.05, 4.69) is 31.9 Å². The van der Waals surface area contributed by atoms with Crippen LogP contribution in [0.4, 0.5) is 5.69 Å². The lowest BCUT2D eigenvalue weighted by molar-refractivity contribution is 0.0607. The predicted molar refractivity (Wildman–Crippen MR) is 524 cm³/mol. The van der Waals surface area contributed by atoms with E-state index < -0.39 is 0 Å². The van der Waals surface area contributed by atoms with Crippen LogP contribution in [0, 0.1) is 34.6 Å². The Labute approximate surface area is 807 Å². The second-order valence-corrected chi connectivity index (χ2v) is 38.1. The van der Waals surface area contributed by atoms with Gasteiger partial charge in [0, 0.05) is 80.4 Å². The molecule has 0 saturated heterocycles. The molecule has 5 unspecified atom stereocenters. The number of rotatable bonds is 3. The van der Waals surface area contributed by atoms with E-state index in [4.69, 9.17) is 75.3 Å². The van der Waals surface area contributed by atoms with E-state index >= 15 is 0 Å². The number of anilines is 1. The van der Waals surface area contributed by atoms with Gasteiger partial charge in [0.25, 0.3) is 0 Å². The summed E-state index contributed by atoms with van der Waals surface area (Å²) in [6.07, 6.45) is 5.66. The number of halogens is 4. The van der Waals surface area contributed by atoms with Gasteiger partial charge in [-0.3, -0.25) is 47.9 Å². The Hall–Kier alpha value is -11.6. The van der Waals surface area contributed by atoms with Gasteiger partial charge in [-0.25, -0.2) is 0 Å². The Balaban J connectivity index is 0.000000142. The minimum absolute atomic E-state index is 0.0207. The summed E-state index contributed by atoms with van der Waals surface area (Å²) in [6, 6.07) is 55.5. The summed E-state index contributed by atoms with van der Waals surface area (Å²) in [7, 11) is 5.52. The van der Waals surface area contributed by atoms with Crippen LogP contribution in [-0.4, -0.2) is 157 Å². The number of thioether (sulfide) groups is 1. The van der Waals surface area contributed by atoms with Crippen LogP contribution in [0.1, 0.15) is 231 Å². The molecule has 0 fully saturated rings. The van der Waals surface area contributed by atoms with E-state index in [1.165, 1.54) is 0 Å². The number of ether oxygens (including phenoxy) is 11. The van der Waals surface area contributed by atoms with Gasteiger partial charge in [0.05, 0.1) is 107 Å². The van der Waals surface area contributed by atoms with Crippen LogP contribution in [0.15, 0.2) is 187 Å². The Bertz CT molecular complexity index is 5990. The first-order valence-corrected chi connectivity index (χ1v) is 47.4. The number of nitrogens with zero attached hydrogens (tertiary/aromatic N) is 1. The quantitative estimate of drug-likeness (QED) is 0.117. The fraction of sp³-hybridized carbons (Fsp3) is 0.340. The maximum absolute atomic E-state index is 12.0. The highest BCUT2D eigenvalue weighted by Gasteiger charge is 2.37. The van der Waals surface area contributed by atoms with Crippen molar-refractivity contribution in [3.63, 3.8) is 0 Å². The summed E-state index contributed by atoms with van der Waals surface area (Å²) < 4.78 is 60.1. The lowest BCUT2D eigenvalue weighted by Crippen LogP contribution is -2.36. The van der Waals surface area contributed by atoms with Crippen molar-refractivity contribution in [2.75, 3.05) is 65.4 Å². The standard InChI is InChI=1S/C13H16O2.C12H14O2.C11H13NO2.2C10H9BrO2.2C10H9ClO2.C10H10O3.C10H10O2S.C10H10O2/c1-8-5-9(2)12-10(14)7-13(3,4)15-11(12)6-8;1-8-4-5-11-9(6-8)10(13)7-12(2,3)14-11;1-12(2)8-3-4-9-10(13)5-6-14-11(9)7-8;1-6-2-3-9-7(4-6)10(12)8(11)5-13-9;1-6-9(11)10(12)7-4-2-3-5-8(7)13-6;1-6-4-9(12)8-5-7(11)2-3-10(8)13-6;1-6-2-3-7(11)9-8(12)4-5-13-10(6)9;1-12-7-2-3-8-9(11)4-5-13-10(8)6-7;1-13-7-2-3-8-9(11)4-5-12-10(8)6-7;1-7-6-9(11)8-4-2-3-5-10(8)12-7/h5-6H,7H2,1-4H3;4-6H,7H2,1-3H3;3-4,7H,5-6H2,1-2H3;2-4,8H,5H2,1H3;2-6,9H,1H3;2-3,5-6H,4H2,1H3;2-3H,4-5H2,1H3;2*2-3,6H,4-5H2,1H3;2-5,7H,6H2,1H3. The molecule has 0 bridgehead atoms. The molecule has 10 aliphatic heterocycles. The fourth-order valence-electron chi connectivity index (χ4n) is 15.3. The number of fused-ring (bicyclic) bond motifs is 10. The highest BCUT2D eigenvalue weighted by atomic mass is 79.9. The monoisotopic (exact) mass is 1990 g/mol. The maximum atomic E-state index is 12.0. The van der Waals surface area contributed by atoms with Gasteiger partial charge in [0.2, 0.25) is 0 Å². The van der Waals surface area contributed by atoms with E-state index in [9.17, 15) is 47.9 Å². The molecular weight excluding hydrogens is 1890 g/mol. The molecular formula is C106H109Br2Cl2NO21S. The molecule has 27 heteroatoms. The Kier molecular flexibility index (Phi) is 35.2. The molecule has 0 spiro atoms. The van der Waals surface area contributed by atoms with Crippen molar-refractivity contribution in [3.8, 4) is 63.2 Å². The average Bonchev–Trinajstić information content (AvgIpc) is 0.765. The van der Waals surface area contributed by atoms with Gasteiger partial charge >= 0.3 is 0 Å². The van der Waals surface area contributed by atoms with Crippen molar-refractivity contribution in [1.82, 2.24) is 0 Å². The van der Waals surface area contributed by atoms with Crippen LogP contribution in [-0.2, 0) is 0 Å². The SMILES string of the molecule is CC1CC(=O)c2cc(Cl)ccc2O1.CC1CC(=O)c2ccccc2O1.CC1Oc2ccccc2C(=O)C1Br.CN(C)c1ccc2c(c1)OCCC2=O.COc1ccc2c(c1)OCCC2=O.CSc1ccc2c(c1)OCCC2=O.Cc1cc(C)c2c(c1)OC(C)(C)CC2=O.Cc1ccc(Cl)c2c1OCCC2=O.Cc1ccc2c(c1)C(=O)C(Br)CO2.Cc1ccc2c(c1)C(=O)CC(C)(C)O2. The molecule has 133 heavy (non-hydrogen) atoms. The predicted octanol–water partition coefficient (Wildman–Crippen LogP) is 23.6. The number of benzene rings is 10. The van der Waals surface area contributed by atoms with Crippen molar-refractivity contribution in [2.45, 2.75) is 179 Å². The number of methoxy groups -OCH3 is 1. The molecule has 10 aromatic rings. The normalized spacial score (nSPS) is 18.5. The third-order valence-electron chi connectivity index (χ3n) is 22.0. The number of alkyl halides is 2. The first kappa shape index (κ1) is 102. The Morgan fingerprint density at radius 1 is 0.406 bits per heavy atom. The van der Waals surface area contributed by atoms with Gasteiger partial charge in [-0.15, -0.1) is 11.8 Å². The molecule has 0 radical (unpaired) electrons. The van der Waals surface area contributed by atoms with Gasteiger partial charge in [-0.05, 0) is 227 Å². The minimum atomic E-state index is -0.371. The van der Waals surface area contributed by atoms with Crippen LogP contribution < -0.4 is 57.0 Å². The lowest BCUT2D eigenvalue weighted by atomic mass is 9.90. The molecule has 10 heterocycles. The molecule has 22 nitrogen and oxygen atoms in total. The Morgan fingerprint density at radius 2 is 0.902 bits per heavy atom. The zero-order chi connectivity index (χ0) is 96.4. The average molecular weight is 2000 g/mol. The van der Waals surface area contributed by atoms with Crippen LogP contribution in [0.5, 0.6) is 63.2 Å². The summed E-state index contributed by atoms with van der Waals surface area (Å²) in [6.45, 7) is 25.7. The first-order valence-electron chi connectivity index (χ1n) is 43.6. The van der Waals surface area contributed by atoms with Gasteiger partial charge in [0.1, 0.15) is 109 Å². The second-order valence-electron chi connectivity index (χ2n) is 34.3. The number of hydrogen-bond acceptors (Lipinski definition) is 23. The first-order chi connectivity index (χ1) is 63.2. The second kappa shape index (κ2) is 45.9. The number of carbonyl (C=O) groups excluding carboxylic acids is 10. The molecule has 0 aliphatic carbocycles. The number of ketones is 10. The summed E-state index contributed by atoms with van der Waals surface area (Å²) in [5, 5.41) is 1.07. The third-order valence-corrected chi connectivity index (χ3v) is 25.1. The van der Waals surface area contributed by atoms with Crippen molar-refractivity contribution < 1.29 is 100 Å². The zero-order valence-corrected chi connectivity index (χ0v) is 82.8. The van der Waals surface area contributed by atoms with Crippen molar-refractivity contribution >= 4 is 130 Å². The summed E-state index contributed by atoms with van der Waals surface area (Å²) in [5.74, 6) is 9.16. The summed E-state index contributed by atoms with van der Waals surface area (Å²) in [4.78, 5) is 118. The van der Waals surface area contributed by atoms with E-state index in [1.807, 2.05) is 242 Å². The highest BCUT2D eigenvalue weighted by molar-refractivity contribution is 9.10. The molecule has 10 aliphatic rings. The third kappa shape index (κ3) is 26.9. The van der Waals surface area contributed by atoms with Crippen LogP contribution >= 0.6 is 66.8 Å². The topological polar surface area (TPSA) is 275 Å². The fourth-order valence-corrected chi connectivity index (χ4v) is 16.9. The highest BCUT2D eigenvalue weighted by Crippen LogP contribution is 2.41. The van der Waals surface area contributed by atoms with E-state index in [-0.39, 0.29) is 97.0 Å². The molecule has 0 N–H and O–H groups in total. The molecule has 0 saturated carbocycles. The molecule has 0 amide bonds. The maximum Gasteiger partial charge on any atom is 0.183 e. The molecule has 698 valence electrons. The van der Waals surface area contributed by atoms with Crippen LogP contribution in [0.3, 0.4) is 0 Å².